The molecule has 0 aliphatic heterocycles. The first-order valence-corrected chi connectivity index (χ1v) is 16.0. The minimum Gasteiger partial charge on any atom is -0.352 e. The fourth-order valence-electron chi connectivity index (χ4n) is 4.72. The van der Waals surface area contributed by atoms with E-state index in [0.29, 0.717) is 20.6 Å². The van der Waals surface area contributed by atoms with Crippen molar-refractivity contribution in [3.63, 3.8) is 0 Å². The predicted molar refractivity (Wildman–Crippen MR) is 164 cm³/mol. The zero-order chi connectivity index (χ0) is 29.7. The average Bonchev–Trinajstić information content (AvgIpc) is 3.44. The fraction of sp³-hybridized carbons (Fsp3) is 0.310. The number of halogens is 4. The number of benzene rings is 3. The molecule has 4 rings (SSSR count). The van der Waals surface area contributed by atoms with Gasteiger partial charge >= 0.3 is 0 Å². The Hall–Kier alpha value is -2.49. The molecule has 0 radical (unpaired) electrons. The molecule has 0 aromatic heterocycles. The highest BCUT2D eigenvalue weighted by Gasteiger charge is 2.34. The maximum atomic E-state index is 14.1. The van der Waals surface area contributed by atoms with E-state index in [1.807, 2.05) is 0 Å². The van der Waals surface area contributed by atoms with Gasteiger partial charge in [-0.1, -0.05) is 71.4 Å². The second-order valence-corrected chi connectivity index (χ2v) is 13.4. The van der Waals surface area contributed by atoms with Gasteiger partial charge in [0.25, 0.3) is 10.0 Å². The van der Waals surface area contributed by atoms with Crippen molar-refractivity contribution in [3.05, 3.63) is 92.4 Å². The number of rotatable bonds is 10. The van der Waals surface area contributed by atoms with Crippen molar-refractivity contribution in [1.29, 1.82) is 0 Å². The molecule has 3 aromatic rings. The predicted octanol–water partition coefficient (Wildman–Crippen LogP) is 6.97. The minimum absolute atomic E-state index is 0.0269. The minimum atomic E-state index is -4.25. The van der Waals surface area contributed by atoms with E-state index in [1.54, 1.807) is 37.3 Å². The highest BCUT2D eigenvalue weighted by Crippen LogP contribution is 2.30. The van der Waals surface area contributed by atoms with Gasteiger partial charge < -0.3 is 10.2 Å². The SMILES string of the molecule is C[C@@H](C(=O)NC1CCCC1)N(Cc1c(Cl)cccc1Cl)C(=O)CN(c1cccc(Cl)c1)S(=O)(=O)c1ccc(Cl)cc1. The molecule has 1 N–H and O–H groups in total. The first-order chi connectivity index (χ1) is 19.5. The van der Waals surface area contributed by atoms with Gasteiger partial charge in [-0.3, -0.25) is 13.9 Å². The summed E-state index contributed by atoms with van der Waals surface area (Å²) in [5.41, 5.74) is 0.624. The largest absolute Gasteiger partial charge is 0.352 e. The Labute approximate surface area is 260 Å². The third-order valence-electron chi connectivity index (χ3n) is 7.04. The van der Waals surface area contributed by atoms with Crippen LogP contribution in [0.3, 0.4) is 0 Å². The summed E-state index contributed by atoms with van der Waals surface area (Å²) in [4.78, 5) is 28.6. The number of hydrogen-bond donors (Lipinski definition) is 1. The van der Waals surface area contributed by atoms with Crippen LogP contribution >= 0.6 is 46.4 Å². The summed E-state index contributed by atoms with van der Waals surface area (Å²) in [6.45, 7) is 0.875. The van der Waals surface area contributed by atoms with E-state index in [1.165, 1.54) is 41.3 Å². The molecule has 1 saturated carbocycles. The number of nitrogens with zero attached hydrogens (tertiary/aromatic N) is 2. The third kappa shape index (κ3) is 7.67. The first kappa shape index (κ1) is 31.4. The number of carbonyl (C=O) groups is 2. The second kappa shape index (κ2) is 13.7. The van der Waals surface area contributed by atoms with Crippen LogP contribution in [0.15, 0.2) is 71.6 Å². The van der Waals surface area contributed by atoms with Crippen molar-refractivity contribution in [3.8, 4) is 0 Å². The lowest BCUT2D eigenvalue weighted by Crippen LogP contribution is -2.52. The standard InChI is InChI=1S/C29H29Cl4N3O4S/c1-19(29(38)34-22-7-2-3-8-22)35(17-25-26(32)10-5-11-27(25)33)28(37)18-36(23-9-4-6-21(31)16-23)41(39,40)24-14-12-20(30)13-15-24/h4-6,9-16,19,22H,2-3,7-8,17-18H2,1H3,(H,34,38)/t19-/m0/s1. The molecule has 0 bridgehead atoms. The quantitative estimate of drug-likeness (QED) is 0.255. The summed E-state index contributed by atoms with van der Waals surface area (Å²) < 4.78 is 28.7. The Morgan fingerprint density at radius 1 is 0.902 bits per heavy atom. The van der Waals surface area contributed by atoms with E-state index in [-0.39, 0.29) is 34.1 Å². The molecule has 1 aliphatic carbocycles. The zero-order valence-electron chi connectivity index (χ0n) is 22.2. The molecule has 7 nitrogen and oxygen atoms in total. The van der Waals surface area contributed by atoms with Gasteiger partial charge in [0.2, 0.25) is 11.8 Å². The Bertz CT molecular complexity index is 1490. The summed E-state index contributed by atoms with van der Waals surface area (Å²) in [5.74, 6) is -0.976. The smallest absolute Gasteiger partial charge is 0.264 e. The van der Waals surface area contributed by atoms with Gasteiger partial charge in [-0.05, 0) is 74.4 Å². The second-order valence-electron chi connectivity index (χ2n) is 9.83. The van der Waals surface area contributed by atoms with E-state index in [9.17, 15) is 18.0 Å². The first-order valence-electron chi connectivity index (χ1n) is 13.0. The van der Waals surface area contributed by atoms with E-state index in [4.69, 9.17) is 46.4 Å². The summed E-state index contributed by atoms with van der Waals surface area (Å²) >= 11 is 25.0. The topological polar surface area (TPSA) is 86.8 Å². The number of sulfonamides is 1. The molecule has 3 aromatic carbocycles. The maximum Gasteiger partial charge on any atom is 0.264 e. The number of anilines is 1. The summed E-state index contributed by atoms with van der Waals surface area (Å²) in [7, 11) is -4.25. The van der Waals surface area contributed by atoms with Gasteiger partial charge in [0, 0.05) is 38.2 Å². The number of carbonyl (C=O) groups excluding carboxylic acids is 2. The molecule has 41 heavy (non-hydrogen) atoms. The fourth-order valence-corrected chi connectivity index (χ4v) is 6.96. The molecule has 12 heteroatoms. The highest BCUT2D eigenvalue weighted by atomic mass is 35.5. The molecule has 2 amide bonds. The normalized spacial score (nSPS) is 14.5. The Morgan fingerprint density at radius 3 is 2.12 bits per heavy atom. The van der Waals surface area contributed by atoms with Crippen molar-refractivity contribution in [2.45, 2.75) is 56.1 Å². The average molecular weight is 657 g/mol. The Kier molecular flexibility index (Phi) is 10.5. The summed E-state index contributed by atoms with van der Waals surface area (Å²) in [5, 5.41) is 4.31. The van der Waals surface area contributed by atoms with Crippen LogP contribution in [0.2, 0.25) is 20.1 Å². The van der Waals surface area contributed by atoms with Crippen LogP contribution in [0.25, 0.3) is 0 Å². The summed E-state index contributed by atoms with van der Waals surface area (Å²) in [6, 6.07) is 15.8. The monoisotopic (exact) mass is 655 g/mol. The third-order valence-corrected chi connectivity index (χ3v) is 10.0. The van der Waals surface area contributed by atoms with Crippen LogP contribution in [-0.2, 0) is 26.2 Å². The van der Waals surface area contributed by atoms with Gasteiger partial charge in [0.1, 0.15) is 12.6 Å². The zero-order valence-corrected chi connectivity index (χ0v) is 26.0. The van der Waals surface area contributed by atoms with E-state index in [2.05, 4.69) is 5.32 Å². The lowest BCUT2D eigenvalue weighted by molar-refractivity contribution is -0.139. The molecule has 0 heterocycles. The Balaban J connectivity index is 1.72. The number of nitrogens with one attached hydrogen (secondary N) is 1. The molecule has 1 fully saturated rings. The van der Waals surface area contributed by atoms with Crippen molar-refractivity contribution < 1.29 is 18.0 Å². The lowest BCUT2D eigenvalue weighted by atomic mass is 10.1. The van der Waals surface area contributed by atoms with Gasteiger partial charge in [-0.15, -0.1) is 0 Å². The van der Waals surface area contributed by atoms with Crippen LogP contribution in [0.4, 0.5) is 5.69 Å². The molecule has 0 saturated heterocycles. The lowest BCUT2D eigenvalue weighted by Gasteiger charge is -2.33. The van der Waals surface area contributed by atoms with Gasteiger partial charge in [0.15, 0.2) is 0 Å². The van der Waals surface area contributed by atoms with Crippen molar-refractivity contribution in [2.24, 2.45) is 0 Å². The van der Waals surface area contributed by atoms with Crippen LogP contribution in [0.1, 0.15) is 38.2 Å². The van der Waals surface area contributed by atoms with Crippen LogP contribution in [-0.4, -0.2) is 43.8 Å². The molecular weight excluding hydrogens is 628 g/mol. The molecule has 0 spiro atoms. The van der Waals surface area contributed by atoms with Gasteiger partial charge in [-0.25, -0.2) is 8.42 Å². The Morgan fingerprint density at radius 2 is 1.51 bits per heavy atom. The molecular formula is C29H29Cl4N3O4S. The van der Waals surface area contributed by atoms with Crippen LogP contribution in [0, 0.1) is 0 Å². The maximum absolute atomic E-state index is 14.1. The molecule has 1 aliphatic rings. The molecule has 218 valence electrons. The van der Waals surface area contributed by atoms with E-state index >= 15 is 0 Å². The number of amides is 2. The molecule has 0 unspecified atom stereocenters. The number of hydrogen-bond acceptors (Lipinski definition) is 4. The van der Waals surface area contributed by atoms with Gasteiger partial charge in [-0.2, -0.15) is 0 Å². The molecule has 1 atom stereocenters. The highest BCUT2D eigenvalue weighted by molar-refractivity contribution is 7.92. The van der Waals surface area contributed by atoms with Crippen molar-refractivity contribution >= 4 is 73.9 Å². The van der Waals surface area contributed by atoms with Gasteiger partial charge in [0.05, 0.1) is 10.6 Å². The van der Waals surface area contributed by atoms with Crippen molar-refractivity contribution in [1.82, 2.24) is 10.2 Å². The summed E-state index contributed by atoms with van der Waals surface area (Å²) in [6.07, 6.45) is 3.78. The van der Waals surface area contributed by atoms with Crippen molar-refractivity contribution in [2.75, 3.05) is 10.8 Å². The van der Waals surface area contributed by atoms with E-state index in [0.717, 1.165) is 30.0 Å². The van der Waals surface area contributed by atoms with Crippen LogP contribution in [0.5, 0.6) is 0 Å². The van der Waals surface area contributed by atoms with Crippen LogP contribution < -0.4 is 9.62 Å². The van der Waals surface area contributed by atoms with E-state index < -0.39 is 28.5 Å².